The van der Waals surface area contributed by atoms with Crippen molar-refractivity contribution in [2.24, 2.45) is 0 Å². The van der Waals surface area contributed by atoms with Gasteiger partial charge < -0.3 is 29.2 Å². The Labute approximate surface area is 245 Å². The van der Waals surface area contributed by atoms with Gasteiger partial charge in [0.15, 0.2) is 0 Å². The lowest BCUT2D eigenvalue weighted by Gasteiger charge is -2.06. The van der Waals surface area contributed by atoms with Gasteiger partial charge in [0.25, 0.3) is 0 Å². The first-order valence-corrected chi connectivity index (χ1v) is 19.2. The van der Waals surface area contributed by atoms with Gasteiger partial charge in [0.1, 0.15) is 23.8 Å². The minimum Gasteiger partial charge on any atom is -0.454 e. The lowest BCUT2D eigenvalue weighted by Crippen LogP contribution is -2.12. The predicted molar refractivity (Wildman–Crippen MR) is 158 cm³/mol. The lowest BCUT2D eigenvalue weighted by atomic mass is 10.8. The molecule has 0 saturated heterocycles. The van der Waals surface area contributed by atoms with Crippen LogP contribution in [0.1, 0.15) is 0 Å². The topological polar surface area (TPSA) is 146 Å². The summed E-state index contributed by atoms with van der Waals surface area (Å²) in [5.74, 6) is 0.950. The molecule has 0 rings (SSSR count). The minimum atomic E-state index is -0.406. The van der Waals surface area contributed by atoms with Crippen LogP contribution >= 0.6 is 94.1 Å². The summed E-state index contributed by atoms with van der Waals surface area (Å²) in [4.78, 5) is 46.3. The molecular weight excluding hydrogens is 633 g/mol. The molecule has 0 aromatic carbocycles. The van der Waals surface area contributed by atoms with E-state index in [1.807, 2.05) is 0 Å². The summed E-state index contributed by atoms with van der Waals surface area (Å²) in [5, 5.41) is 18.5. The van der Waals surface area contributed by atoms with Crippen molar-refractivity contribution >= 4 is 118 Å². The Morgan fingerprint density at radius 3 is 1.06 bits per heavy atom. The van der Waals surface area contributed by atoms with Crippen LogP contribution in [-0.4, -0.2) is 114 Å². The molecule has 0 aliphatic carbocycles. The molecule has 0 spiro atoms. The van der Waals surface area contributed by atoms with Crippen LogP contribution in [0, 0.1) is 0 Å². The summed E-state index contributed by atoms with van der Waals surface area (Å²) in [6.07, 6.45) is 0. The summed E-state index contributed by atoms with van der Waals surface area (Å²) in [7, 11) is 0. The van der Waals surface area contributed by atoms with E-state index in [0.29, 0.717) is 21.7 Å². The third-order valence-corrected chi connectivity index (χ3v) is 10.2. The molecule has 18 heteroatoms. The second kappa shape index (κ2) is 28.6. The van der Waals surface area contributed by atoms with E-state index in [1.165, 1.54) is 70.6 Å². The number of ether oxygens (including phenoxy) is 4. The molecule has 210 valence electrons. The van der Waals surface area contributed by atoms with Crippen molar-refractivity contribution < 1.29 is 48.3 Å². The summed E-state index contributed by atoms with van der Waals surface area (Å²) < 4.78 is 20.1. The standard InChI is InChI=1S/C18H30O10S8/c19-7-33-13-35-11-27-17(23)5-31-3-15(21)25-9-29-1-2-30-10-26-16(22)4-32-6-18(24)28-12-36-14-34-8-20/h19-20H,1-14H2. The lowest BCUT2D eigenvalue weighted by molar-refractivity contribution is -0.139. The van der Waals surface area contributed by atoms with Crippen molar-refractivity contribution in [2.75, 3.05) is 80.3 Å². The maximum absolute atomic E-state index is 11.6. The second-order valence-electron chi connectivity index (χ2n) is 5.65. The van der Waals surface area contributed by atoms with Crippen LogP contribution in [0.15, 0.2) is 0 Å². The van der Waals surface area contributed by atoms with Crippen molar-refractivity contribution in [3.63, 3.8) is 0 Å². The third kappa shape index (κ3) is 27.6. The van der Waals surface area contributed by atoms with Crippen LogP contribution in [0.3, 0.4) is 0 Å². The van der Waals surface area contributed by atoms with Gasteiger partial charge in [0.05, 0.1) is 34.9 Å². The minimum absolute atomic E-state index is 0.0286. The molecule has 0 unspecified atom stereocenters. The van der Waals surface area contributed by atoms with Crippen molar-refractivity contribution in [3.8, 4) is 0 Å². The van der Waals surface area contributed by atoms with E-state index in [0.717, 1.165) is 23.5 Å². The summed E-state index contributed by atoms with van der Waals surface area (Å²) >= 11 is 10.5. The van der Waals surface area contributed by atoms with Crippen LogP contribution in [-0.2, 0) is 38.1 Å². The predicted octanol–water partition coefficient (Wildman–Crippen LogP) is 2.67. The molecule has 0 aliphatic rings. The average molecular weight is 663 g/mol. The number of rotatable bonds is 25. The van der Waals surface area contributed by atoms with Gasteiger partial charge in [0.2, 0.25) is 0 Å². The van der Waals surface area contributed by atoms with Crippen LogP contribution in [0.25, 0.3) is 0 Å². The van der Waals surface area contributed by atoms with Gasteiger partial charge in [-0.2, -0.15) is 0 Å². The van der Waals surface area contributed by atoms with Gasteiger partial charge in [0, 0.05) is 21.7 Å². The Kier molecular flexibility index (Phi) is 29.1. The smallest absolute Gasteiger partial charge is 0.316 e. The zero-order chi connectivity index (χ0) is 26.7. The van der Waals surface area contributed by atoms with Crippen molar-refractivity contribution in [1.82, 2.24) is 0 Å². The summed E-state index contributed by atoms with van der Waals surface area (Å²) in [5.41, 5.74) is 0. The SMILES string of the molecule is O=C(CSCC(=O)OCSCSCO)OCSCCSCOC(=O)CSCC(=O)OCSCSCO. The molecule has 0 atom stereocenters. The van der Waals surface area contributed by atoms with Gasteiger partial charge >= 0.3 is 23.9 Å². The van der Waals surface area contributed by atoms with E-state index in [2.05, 4.69) is 0 Å². The van der Waals surface area contributed by atoms with Crippen molar-refractivity contribution in [3.05, 3.63) is 0 Å². The molecule has 0 fully saturated rings. The number of thioether (sulfide) groups is 8. The molecular formula is C18H30O10S8. The monoisotopic (exact) mass is 662 g/mol. The first-order valence-electron chi connectivity index (χ1n) is 9.95. The zero-order valence-electron chi connectivity index (χ0n) is 19.3. The molecule has 2 N–H and O–H groups in total. The van der Waals surface area contributed by atoms with Crippen LogP contribution < -0.4 is 0 Å². The fraction of sp³-hybridized carbons (Fsp3) is 0.778. The van der Waals surface area contributed by atoms with Crippen LogP contribution in [0.4, 0.5) is 0 Å². The Morgan fingerprint density at radius 2 is 0.750 bits per heavy atom. The molecule has 0 bridgehead atoms. The number of carbonyl (C=O) groups is 4. The van der Waals surface area contributed by atoms with Gasteiger partial charge in [-0.15, -0.1) is 94.1 Å². The van der Waals surface area contributed by atoms with E-state index in [1.54, 1.807) is 0 Å². The quantitative estimate of drug-likeness (QED) is 0.0639. The maximum Gasteiger partial charge on any atom is 0.316 e. The normalized spacial score (nSPS) is 10.6. The molecule has 0 radical (unpaired) electrons. The van der Waals surface area contributed by atoms with E-state index < -0.39 is 23.9 Å². The highest BCUT2D eigenvalue weighted by atomic mass is 32.2. The fourth-order valence-corrected chi connectivity index (χ4v) is 6.85. The van der Waals surface area contributed by atoms with Crippen molar-refractivity contribution in [2.45, 2.75) is 0 Å². The summed E-state index contributed by atoms with van der Waals surface area (Å²) in [6.45, 7) is 0. The highest BCUT2D eigenvalue weighted by Gasteiger charge is 2.09. The van der Waals surface area contributed by atoms with E-state index in [4.69, 9.17) is 29.2 Å². The Hall–Kier alpha value is 0.600. The third-order valence-electron chi connectivity index (χ3n) is 2.98. The zero-order valence-corrected chi connectivity index (χ0v) is 25.9. The first-order chi connectivity index (χ1) is 17.5. The molecule has 36 heavy (non-hydrogen) atoms. The van der Waals surface area contributed by atoms with Crippen LogP contribution in [0.2, 0.25) is 0 Å². The number of esters is 4. The maximum atomic E-state index is 11.6. The van der Waals surface area contributed by atoms with Gasteiger partial charge in [-0.3, -0.25) is 19.2 Å². The highest BCUT2D eigenvalue weighted by molar-refractivity contribution is 8.16. The number of carbonyl (C=O) groups excluding carboxylic acids is 4. The molecule has 10 nitrogen and oxygen atoms in total. The molecule has 0 aromatic rings. The number of hydrogen-bond acceptors (Lipinski definition) is 18. The van der Waals surface area contributed by atoms with Crippen LogP contribution in [0.5, 0.6) is 0 Å². The van der Waals surface area contributed by atoms with Gasteiger partial charge in [-0.05, 0) is 0 Å². The van der Waals surface area contributed by atoms with Gasteiger partial charge in [-0.1, -0.05) is 0 Å². The van der Waals surface area contributed by atoms with Crippen molar-refractivity contribution in [1.29, 1.82) is 0 Å². The van der Waals surface area contributed by atoms with Gasteiger partial charge in [-0.25, -0.2) is 0 Å². The first kappa shape index (κ1) is 36.6. The Morgan fingerprint density at radius 1 is 0.444 bits per heavy atom. The number of hydrogen-bond donors (Lipinski definition) is 2. The van der Waals surface area contributed by atoms with E-state index in [-0.39, 0.29) is 58.6 Å². The largest absolute Gasteiger partial charge is 0.454 e. The number of aliphatic hydroxyl groups is 2. The molecule has 0 heterocycles. The molecule has 0 aliphatic heterocycles. The molecule has 0 saturated carbocycles. The number of aliphatic hydroxyl groups excluding tert-OH is 2. The van der Waals surface area contributed by atoms with E-state index in [9.17, 15) is 19.2 Å². The molecule has 0 amide bonds. The Balaban J connectivity index is 3.44. The highest BCUT2D eigenvalue weighted by Crippen LogP contribution is 2.13. The summed E-state index contributed by atoms with van der Waals surface area (Å²) in [6, 6.07) is 0. The average Bonchev–Trinajstić information content (AvgIpc) is 2.85. The second-order valence-corrected chi connectivity index (χ2v) is 14.2. The Bertz CT molecular complexity index is 552. The van der Waals surface area contributed by atoms with E-state index >= 15 is 0 Å². The molecule has 0 aromatic heterocycles. The fourth-order valence-electron chi connectivity index (χ4n) is 1.53.